The lowest BCUT2D eigenvalue weighted by molar-refractivity contribution is 0.0601. The number of aromatic amines is 1. The number of nitrogen functional groups attached to an aromatic ring is 1. The number of methoxy groups -OCH3 is 1. The van der Waals surface area contributed by atoms with Crippen molar-refractivity contribution >= 4 is 11.9 Å². The third kappa shape index (κ3) is 4.71. The molecule has 3 rings (SSSR count). The van der Waals surface area contributed by atoms with Crippen molar-refractivity contribution in [2.45, 2.75) is 32.6 Å². The van der Waals surface area contributed by atoms with Gasteiger partial charge in [-0.3, -0.25) is 4.79 Å². The molecule has 6 heteroatoms. The molecule has 0 saturated heterocycles. The van der Waals surface area contributed by atoms with Gasteiger partial charge in [-0.05, 0) is 35.6 Å². The van der Waals surface area contributed by atoms with Gasteiger partial charge in [0.1, 0.15) is 0 Å². The van der Waals surface area contributed by atoms with Crippen molar-refractivity contribution in [1.29, 1.82) is 0 Å². The molecule has 0 atom stereocenters. The number of nitrogens with one attached hydrogen (secondary N) is 1. The van der Waals surface area contributed by atoms with E-state index in [-0.39, 0.29) is 11.5 Å². The number of carbonyl (C=O) groups is 1. The minimum atomic E-state index is -0.416. The summed E-state index contributed by atoms with van der Waals surface area (Å²) in [6, 6.07) is 15.3. The Labute approximate surface area is 169 Å². The lowest BCUT2D eigenvalue weighted by atomic mass is 9.94. The Morgan fingerprint density at radius 2 is 1.93 bits per heavy atom. The molecule has 150 valence electrons. The molecule has 1 heterocycles. The van der Waals surface area contributed by atoms with E-state index in [1.54, 1.807) is 6.07 Å². The highest BCUT2D eigenvalue weighted by atomic mass is 16.5. The molecule has 1 aromatic heterocycles. The summed E-state index contributed by atoms with van der Waals surface area (Å²) >= 11 is 0. The number of ether oxygens (including phenoxy) is 1. The Morgan fingerprint density at radius 3 is 2.62 bits per heavy atom. The van der Waals surface area contributed by atoms with Crippen LogP contribution >= 0.6 is 0 Å². The number of benzene rings is 2. The largest absolute Gasteiger partial charge is 0.465 e. The summed E-state index contributed by atoms with van der Waals surface area (Å²) in [7, 11) is 1.36. The van der Waals surface area contributed by atoms with Crippen LogP contribution in [0.25, 0.3) is 11.1 Å². The average molecular weight is 391 g/mol. The number of aryl methyl sites for hydroxylation is 1. The van der Waals surface area contributed by atoms with Crippen LogP contribution in [-0.4, -0.2) is 23.0 Å². The summed E-state index contributed by atoms with van der Waals surface area (Å²) in [6.45, 7) is 2.09. The van der Waals surface area contributed by atoms with E-state index in [0.29, 0.717) is 17.5 Å². The van der Waals surface area contributed by atoms with Crippen molar-refractivity contribution in [2.24, 2.45) is 0 Å². The topological polar surface area (TPSA) is 98.1 Å². The maximum atomic E-state index is 12.5. The summed E-state index contributed by atoms with van der Waals surface area (Å²) in [4.78, 5) is 31.8. The summed E-state index contributed by atoms with van der Waals surface area (Å²) in [5.74, 6) is -0.291. The van der Waals surface area contributed by atoms with Crippen LogP contribution < -0.4 is 11.3 Å². The molecule has 3 aromatic rings. The van der Waals surface area contributed by atoms with E-state index in [4.69, 9.17) is 10.5 Å². The minimum absolute atomic E-state index is 0.125. The number of unbranched alkanes of at least 4 members (excludes halogenated alkanes) is 1. The average Bonchev–Trinajstić information content (AvgIpc) is 2.74. The second-order valence-corrected chi connectivity index (χ2v) is 6.90. The molecule has 0 unspecified atom stereocenters. The smallest absolute Gasteiger partial charge is 0.338 e. The van der Waals surface area contributed by atoms with Gasteiger partial charge in [-0.15, -0.1) is 0 Å². The lowest BCUT2D eigenvalue weighted by Crippen LogP contribution is -2.20. The number of nitrogens with two attached hydrogens (primary N) is 1. The van der Waals surface area contributed by atoms with Crippen molar-refractivity contribution in [1.82, 2.24) is 9.97 Å². The van der Waals surface area contributed by atoms with Gasteiger partial charge < -0.3 is 15.5 Å². The van der Waals surface area contributed by atoms with Crippen molar-refractivity contribution in [3.05, 3.63) is 81.3 Å². The predicted octanol–water partition coefficient (Wildman–Crippen LogP) is 3.74. The van der Waals surface area contributed by atoms with E-state index in [0.717, 1.165) is 41.6 Å². The van der Waals surface area contributed by atoms with E-state index in [1.165, 1.54) is 7.11 Å². The van der Waals surface area contributed by atoms with E-state index < -0.39 is 5.97 Å². The monoisotopic (exact) mass is 391 g/mol. The van der Waals surface area contributed by atoms with Gasteiger partial charge in [-0.2, -0.15) is 4.98 Å². The fourth-order valence-electron chi connectivity index (χ4n) is 3.37. The van der Waals surface area contributed by atoms with Gasteiger partial charge in [-0.1, -0.05) is 55.8 Å². The van der Waals surface area contributed by atoms with E-state index in [9.17, 15) is 9.59 Å². The molecule has 0 aliphatic rings. The van der Waals surface area contributed by atoms with Crippen LogP contribution in [0.5, 0.6) is 0 Å². The zero-order chi connectivity index (χ0) is 20.8. The second-order valence-electron chi connectivity index (χ2n) is 6.90. The summed E-state index contributed by atoms with van der Waals surface area (Å²) < 4.78 is 4.98. The Bertz CT molecular complexity index is 1060. The first kappa shape index (κ1) is 20.3. The second kappa shape index (κ2) is 9.19. The maximum absolute atomic E-state index is 12.5. The van der Waals surface area contributed by atoms with Gasteiger partial charge in [0.25, 0.3) is 5.56 Å². The Balaban J connectivity index is 2.03. The van der Waals surface area contributed by atoms with Crippen LogP contribution in [0, 0.1) is 0 Å². The molecule has 0 aliphatic heterocycles. The number of hydrogen-bond donors (Lipinski definition) is 2. The summed E-state index contributed by atoms with van der Waals surface area (Å²) in [5.41, 5.74) is 9.79. The van der Waals surface area contributed by atoms with Crippen LogP contribution in [0.2, 0.25) is 0 Å². The van der Waals surface area contributed by atoms with Crippen LogP contribution in [0.1, 0.15) is 46.9 Å². The van der Waals surface area contributed by atoms with Gasteiger partial charge in [0.15, 0.2) is 0 Å². The number of H-pyrrole nitrogens is 1. The number of rotatable bonds is 7. The van der Waals surface area contributed by atoms with Crippen LogP contribution in [0.3, 0.4) is 0 Å². The molecule has 0 saturated carbocycles. The van der Waals surface area contributed by atoms with Gasteiger partial charge in [0.2, 0.25) is 5.95 Å². The van der Waals surface area contributed by atoms with E-state index in [2.05, 4.69) is 16.9 Å². The zero-order valence-electron chi connectivity index (χ0n) is 16.7. The fraction of sp³-hybridized carbons (Fsp3) is 0.261. The first-order valence-electron chi connectivity index (χ1n) is 9.67. The number of aromatic nitrogens is 2. The molecular weight excluding hydrogens is 366 g/mol. The third-order valence-electron chi connectivity index (χ3n) is 4.86. The molecular formula is C23H25N3O3. The van der Waals surface area contributed by atoms with Crippen molar-refractivity contribution < 1.29 is 9.53 Å². The number of anilines is 1. The van der Waals surface area contributed by atoms with Crippen molar-refractivity contribution in [3.8, 4) is 11.1 Å². The molecule has 0 fully saturated rings. The molecule has 0 radical (unpaired) electrons. The first-order valence-corrected chi connectivity index (χ1v) is 9.67. The maximum Gasteiger partial charge on any atom is 0.338 e. The van der Waals surface area contributed by atoms with Crippen molar-refractivity contribution in [2.75, 3.05) is 12.8 Å². The number of nitrogens with zero attached hydrogens (tertiary/aromatic N) is 1. The fourth-order valence-corrected chi connectivity index (χ4v) is 3.37. The molecule has 3 N–H and O–H groups in total. The van der Waals surface area contributed by atoms with Gasteiger partial charge in [-0.25, -0.2) is 4.79 Å². The molecule has 0 bridgehead atoms. The molecule has 6 nitrogen and oxygen atoms in total. The Morgan fingerprint density at radius 1 is 1.17 bits per heavy atom. The van der Waals surface area contributed by atoms with Gasteiger partial charge in [0.05, 0.1) is 12.7 Å². The van der Waals surface area contributed by atoms with E-state index in [1.807, 2.05) is 42.5 Å². The summed E-state index contributed by atoms with van der Waals surface area (Å²) in [5, 5.41) is 0. The molecule has 0 aliphatic carbocycles. The molecule has 2 aromatic carbocycles. The van der Waals surface area contributed by atoms with Crippen LogP contribution in [-0.2, 0) is 17.6 Å². The van der Waals surface area contributed by atoms with Crippen LogP contribution in [0.15, 0.2) is 53.3 Å². The Kier molecular flexibility index (Phi) is 6.44. The number of carbonyl (C=O) groups excluding carboxylic acids is 1. The Hall–Kier alpha value is -3.41. The van der Waals surface area contributed by atoms with Crippen LogP contribution in [0.4, 0.5) is 5.95 Å². The van der Waals surface area contributed by atoms with Gasteiger partial charge in [0, 0.05) is 17.7 Å². The predicted molar refractivity (Wildman–Crippen MR) is 114 cm³/mol. The lowest BCUT2D eigenvalue weighted by Gasteiger charge is -2.13. The first-order chi connectivity index (χ1) is 14.0. The summed E-state index contributed by atoms with van der Waals surface area (Å²) in [6.07, 6.45) is 3.02. The number of esters is 1. The SMILES string of the molecule is CCCCc1[nH]c(N)nc(=O)c1Cc1ccc(-c2ccccc2)c(C(=O)OC)c1. The highest BCUT2D eigenvalue weighted by Gasteiger charge is 2.16. The van der Waals surface area contributed by atoms with Crippen molar-refractivity contribution in [3.63, 3.8) is 0 Å². The third-order valence-corrected chi connectivity index (χ3v) is 4.86. The molecule has 0 spiro atoms. The zero-order valence-corrected chi connectivity index (χ0v) is 16.7. The standard InChI is InChI=1S/C23H25N3O3/c1-3-4-10-20-19(21(27)26-23(24)25-20)14-15-11-12-17(16-8-6-5-7-9-16)18(13-15)22(28)29-2/h5-9,11-13H,3-4,10,14H2,1-2H3,(H3,24,25,26,27). The molecule has 0 amide bonds. The minimum Gasteiger partial charge on any atom is -0.465 e. The highest BCUT2D eigenvalue weighted by Crippen LogP contribution is 2.26. The molecule has 29 heavy (non-hydrogen) atoms. The highest BCUT2D eigenvalue weighted by molar-refractivity contribution is 5.97. The normalized spacial score (nSPS) is 10.7. The number of hydrogen-bond acceptors (Lipinski definition) is 5. The quantitative estimate of drug-likeness (QED) is 0.598. The van der Waals surface area contributed by atoms with Gasteiger partial charge >= 0.3 is 5.97 Å². The van der Waals surface area contributed by atoms with E-state index >= 15 is 0 Å².